The lowest BCUT2D eigenvalue weighted by molar-refractivity contribution is -0.147. The minimum Gasteiger partial charge on any atom is -0.469 e. The van der Waals surface area contributed by atoms with Gasteiger partial charge in [-0.05, 0) is 32.2 Å². The second-order valence-corrected chi connectivity index (χ2v) is 6.77. The summed E-state index contributed by atoms with van der Waals surface area (Å²) in [6.07, 6.45) is 10.0. The van der Waals surface area contributed by atoms with Crippen LogP contribution in [0.15, 0.2) is 0 Å². The highest BCUT2D eigenvalue weighted by atomic mass is 16.5. The van der Waals surface area contributed by atoms with E-state index in [-0.39, 0.29) is 11.9 Å². The Kier molecular flexibility index (Phi) is 6.97. The Morgan fingerprint density at radius 3 is 2.62 bits per heavy atom. The smallest absolute Gasteiger partial charge is 0.310 e. The number of likely N-dealkylation sites (tertiary alicyclic amines) is 1. The molecule has 2 atom stereocenters. The number of rotatable bonds is 6. The van der Waals surface area contributed by atoms with Gasteiger partial charge < -0.3 is 15.0 Å². The van der Waals surface area contributed by atoms with E-state index in [1.54, 1.807) is 0 Å². The topological polar surface area (TPSA) is 41.6 Å². The predicted molar refractivity (Wildman–Crippen MR) is 85.3 cm³/mol. The first-order chi connectivity index (χ1) is 10.2. The third-order valence-electron chi connectivity index (χ3n) is 4.97. The van der Waals surface area contributed by atoms with Crippen LogP contribution < -0.4 is 5.32 Å². The quantitative estimate of drug-likeness (QED) is 0.765. The van der Waals surface area contributed by atoms with E-state index in [1.807, 2.05) is 0 Å². The summed E-state index contributed by atoms with van der Waals surface area (Å²) >= 11 is 0. The van der Waals surface area contributed by atoms with E-state index in [9.17, 15) is 4.79 Å². The van der Waals surface area contributed by atoms with Crippen molar-refractivity contribution in [1.82, 2.24) is 10.2 Å². The van der Waals surface area contributed by atoms with Crippen molar-refractivity contribution in [3.05, 3.63) is 0 Å². The molecule has 0 spiro atoms. The number of esters is 1. The number of ether oxygens (including phenoxy) is 1. The maximum atomic E-state index is 11.9. The van der Waals surface area contributed by atoms with Gasteiger partial charge >= 0.3 is 5.97 Å². The second-order valence-electron chi connectivity index (χ2n) is 6.77. The van der Waals surface area contributed by atoms with E-state index < -0.39 is 0 Å². The molecule has 1 aliphatic heterocycles. The van der Waals surface area contributed by atoms with Gasteiger partial charge in [0.1, 0.15) is 0 Å². The Labute approximate surface area is 129 Å². The number of carbonyl (C=O) groups is 1. The van der Waals surface area contributed by atoms with Gasteiger partial charge in [-0.15, -0.1) is 0 Å². The molecule has 0 bridgehead atoms. The third kappa shape index (κ3) is 5.26. The molecule has 1 aliphatic carbocycles. The number of hydrogen-bond acceptors (Lipinski definition) is 4. The van der Waals surface area contributed by atoms with Gasteiger partial charge in [0.05, 0.1) is 13.0 Å². The normalized spacial score (nSPS) is 28.5. The van der Waals surface area contributed by atoms with Crippen molar-refractivity contribution < 1.29 is 9.53 Å². The van der Waals surface area contributed by atoms with Crippen molar-refractivity contribution in [3.8, 4) is 0 Å². The maximum absolute atomic E-state index is 11.9. The molecule has 2 fully saturated rings. The Morgan fingerprint density at radius 1 is 1.19 bits per heavy atom. The van der Waals surface area contributed by atoms with Crippen molar-refractivity contribution in [2.45, 2.75) is 70.4 Å². The first-order valence-corrected chi connectivity index (χ1v) is 8.79. The molecule has 0 radical (unpaired) electrons. The van der Waals surface area contributed by atoms with Crippen molar-refractivity contribution in [2.24, 2.45) is 5.92 Å². The maximum Gasteiger partial charge on any atom is 0.310 e. The standard InChI is InChI=1S/C17H32N2O2/c1-3-4-10-19-12-14(17(20)21-2)11-16(13-19)18-15-8-6-5-7-9-15/h14-16,18H,3-13H2,1-2H3. The SMILES string of the molecule is CCCCN1CC(NC2CCCCC2)CC(C(=O)OC)C1. The first kappa shape index (κ1) is 16.8. The van der Waals surface area contributed by atoms with Crippen LogP contribution in [0.2, 0.25) is 0 Å². The lowest BCUT2D eigenvalue weighted by Crippen LogP contribution is -2.53. The molecule has 1 saturated carbocycles. The largest absolute Gasteiger partial charge is 0.469 e. The lowest BCUT2D eigenvalue weighted by atomic mass is 9.90. The van der Waals surface area contributed by atoms with Crippen LogP contribution >= 0.6 is 0 Å². The summed E-state index contributed by atoms with van der Waals surface area (Å²) in [6.45, 7) is 5.28. The molecule has 0 amide bonds. The molecular formula is C17H32N2O2. The van der Waals surface area contributed by atoms with E-state index in [2.05, 4.69) is 17.1 Å². The molecule has 0 aromatic rings. The molecule has 1 saturated heterocycles. The molecule has 2 aliphatic rings. The van der Waals surface area contributed by atoms with Crippen LogP contribution in [-0.4, -0.2) is 49.7 Å². The van der Waals surface area contributed by atoms with Gasteiger partial charge in [-0.3, -0.25) is 4.79 Å². The highest BCUT2D eigenvalue weighted by molar-refractivity contribution is 5.72. The molecule has 2 unspecified atom stereocenters. The van der Waals surface area contributed by atoms with Crippen LogP contribution in [0.4, 0.5) is 0 Å². The van der Waals surface area contributed by atoms with Gasteiger partial charge in [0, 0.05) is 25.2 Å². The number of methoxy groups -OCH3 is 1. The molecule has 4 nitrogen and oxygen atoms in total. The van der Waals surface area contributed by atoms with Gasteiger partial charge in [-0.25, -0.2) is 0 Å². The fourth-order valence-electron chi connectivity index (χ4n) is 3.82. The fraction of sp³-hybridized carbons (Fsp3) is 0.941. The molecule has 1 heterocycles. The first-order valence-electron chi connectivity index (χ1n) is 8.79. The second kappa shape index (κ2) is 8.74. The molecule has 1 N–H and O–H groups in total. The summed E-state index contributed by atoms with van der Waals surface area (Å²) in [5.41, 5.74) is 0. The Bertz CT molecular complexity index is 316. The summed E-state index contributed by atoms with van der Waals surface area (Å²) in [6, 6.07) is 1.11. The Balaban J connectivity index is 1.89. The molecule has 4 heteroatoms. The Hall–Kier alpha value is -0.610. The molecular weight excluding hydrogens is 264 g/mol. The molecule has 21 heavy (non-hydrogen) atoms. The zero-order valence-electron chi connectivity index (χ0n) is 13.8. The fourth-order valence-corrected chi connectivity index (χ4v) is 3.82. The summed E-state index contributed by atoms with van der Waals surface area (Å²) in [5, 5.41) is 3.82. The van der Waals surface area contributed by atoms with Crippen LogP contribution in [0.1, 0.15) is 58.3 Å². The molecule has 0 aromatic heterocycles. The molecule has 0 aromatic carbocycles. The number of unbranched alkanes of at least 4 members (excludes halogenated alkanes) is 1. The minimum absolute atomic E-state index is 0.0355. The average molecular weight is 296 g/mol. The summed E-state index contributed by atoms with van der Waals surface area (Å²) in [4.78, 5) is 14.4. The third-order valence-corrected chi connectivity index (χ3v) is 4.97. The number of nitrogens with one attached hydrogen (secondary N) is 1. The summed E-state index contributed by atoms with van der Waals surface area (Å²) < 4.78 is 4.99. The van der Waals surface area contributed by atoms with E-state index in [0.717, 1.165) is 26.1 Å². The van der Waals surface area contributed by atoms with E-state index in [4.69, 9.17) is 4.74 Å². The van der Waals surface area contributed by atoms with E-state index in [0.29, 0.717) is 12.1 Å². The highest BCUT2D eigenvalue weighted by Gasteiger charge is 2.33. The summed E-state index contributed by atoms with van der Waals surface area (Å²) in [7, 11) is 1.51. The van der Waals surface area contributed by atoms with E-state index in [1.165, 1.54) is 52.1 Å². The molecule has 122 valence electrons. The van der Waals surface area contributed by atoms with Crippen LogP contribution in [-0.2, 0) is 9.53 Å². The van der Waals surface area contributed by atoms with Gasteiger partial charge in [-0.2, -0.15) is 0 Å². The van der Waals surface area contributed by atoms with Gasteiger partial charge in [0.15, 0.2) is 0 Å². The van der Waals surface area contributed by atoms with Crippen molar-refractivity contribution in [2.75, 3.05) is 26.7 Å². The van der Waals surface area contributed by atoms with Gasteiger partial charge in [-0.1, -0.05) is 32.6 Å². The number of nitrogens with zero attached hydrogens (tertiary/aromatic N) is 1. The van der Waals surface area contributed by atoms with Crippen LogP contribution in [0.3, 0.4) is 0 Å². The Morgan fingerprint density at radius 2 is 1.95 bits per heavy atom. The van der Waals surface area contributed by atoms with E-state index >= 15 is 0 Å². The van der Waals surface area contributed by atoms with Gasteiger partial charge in [0.2, 0.25) is 0 Å². The number of carbonyl (C=O) groups excluding carboxylic acids is 1. The lowest BCUT2D eigenvalue weighted by Gasteiger charge is -2.39. The highest BCUT2D eigenvalue weighted by Crippen LogP contribution is 2.23. The summed E-state index contributed by atoms with van der Waals surface area (Å²) in [5.74, 6) is 0.00772. The number of piperidine rings is 1. The number of hydrogen-bond donors (Lipinski definition) is 1. The van der Waals surface area contributed by atoms with Crippen molar-refractivity contribution in [3.63, 3.8) is 0 Å². The van der Waals surface area contributed by atoms with Crippen molar-refractivity contribution in [1.29, 1.82) is 0 Å². The zero-order chi connectivity index (χ0) is 15.1. The van der Waals surface area contributed by atoms with Gasteiger partial charge in [0.25, 0.3) is 0 Å². The zero-order valence-corrected chi connectivity index (χ0v) is 13.8. The minimum atomic E-state index is -0.0355. The van der Waals surface area contributed by atoms with Crippen LogP contribution in [0.25, 0.3) is 0 Å². The predicted octanol–water partition coefficient (Wildman–Crippen LogP) is 2.57. The molecule has 2 rings (SSSR count). The van der Waals surface area contributed by atoms with Crippen LogP contribution in [0, 0.1) is 5.92 Å². The monoisotopic (exact) mass is 296 g/mol. The van der Waals surface area contributed by atoms with Crippen LogP contribution in [0.5, 0.6) is 0 Å². The average Bonchev–Trinajstić information content (AvgIpc) is 2.53. The van der Waals surface area contributed by atoms with Crippen molar-refractivity contribution >= 4 is 5.97 Å².